The lowest BCUT2D eigenvalue weighted by Gasteiger charge is -2.16. The number of ether oxygens (including phenoxy) is 2. The van der Waals surface area contributed by atoms with Gasteiger partial charge in [0, 0.05) is 23.2 Å². The van der Waals surface area contributed by atoms with Crippen LogP contribution in [-0.2, 0) is 13.2 Å². The Morgan fingerprint density at radius 3 is 2.52 bits per heavy atom. The highest BCUT2D eigenvalue weighted by molar-refractivity contribution is 6.30. The third-order valence-electron chi connectivity index (χ3n) is 3.00. The van der Waals surface area contributed by atoms with Gasteiger partial charge in [-0.2, -0.15) is 0 Å². The number of halogens is 1. The highest BCUT2D eigenvalue weighted by Crippen LogP contribution is 2.35. The molecule has 0 fully saturated rings. The summed E-state index contributed by atoms with van der Waals surface area (Å²) < 4.78 is 11.2. The highest BCUT2D eigenvalue weighted by Gasteiger charge is 2.12. The lowest BCUT2D eigenvalue weighted by atomic mass is 10.1. The number of hydrogen-bond donors (Lipinski definition) is 2. The molecule has 21 heavy (non-hydrogen) atoms. The smallest absolute Gasteiger partial charge is 0.166 e. The molecule has 0 aromatic heterocycles. The van der Waals surface area contributed by atoms with Crippen molar-refractivity contribution in [3.05, 3.63) is 52.5 Å². The minimum absolute atomic E-state index is 0.235. The summed E-state index contributed by atoms with van der Waals surface area (Å²) in [5.41, 5.74) is 1.89. The Bertz CT molecular complexity index is 599. The van der Waals surface area contributed by atoms with Gasteiger partial charge in [-0.1, -0.05) is 23.7 Å². The molecule has 0 aliphatic heterocycles. The Morgan fingerprint density at radius 1 is 1.19 bits per heavy atom. The van der Waals surface area contributed by atoms with E-state index in [0.717, 1.165) is 11.1 Å². The molecule has 0 aliphatic rings. The summed E-state index contributed by atoms with van der Waals surface area (Å²) in [6.07, 6.45) is 0. The molecule has 0 amide bonds. The number of phenolic OH excluding ortho intramolecular Hbond substituents is 1. The van der Waals surface area contributed by atoms with Crippen molar-refractivity contribution in [3.8, 4) is 17.2 Å². The van der Waals surface area contributed by atoms with Crippen LogP contribution in [0.3, 0.4) is 0 Å². The molecule has 0 saturated carbocycles. The second kappa shape index (κ2) is 7.20. The molecule has 2 N–H and O–H groups in total. The molecule has 5 heteroatoms. The molecule has 2 aromatic rings. The minimum atomic E-state index is 0.235. The summed E-state index contributed by atoms with van der Waals surface area (Å²) >= 11 is 6.08. The molecule has 0 spiro atoms. The molecular formula is C16H18ClNO3. The molecule has 4 nitrogen and oxygen atoms in total. The van der Waals surface area contributed by atoms with Crippen LogP contribution in [-0.4, -0.2) is 19.3 Å². The largest absolute Gasteiger partial charge is 0.508 e. The number of hydrogen-bond acceptors (Lipinski definition) is 4. The van der Waals surface area contributed by atoms with Crippen molar-refractivity contribution in [1.29, 1.82) is 0 Å². The number of phenols is 1. The standard InChI is InChI=1S/C16H18ClNO3/c1-18-9-12-7-13(17)8-15(20-2)16(12)21-10-11-3-5-14(19)6-4-11/h3-8,18-19H,9-10H2,1-2H3. The maximum absolute atomic E-state index is 9.28. The van der Waals surface area contributed by atoms with Crippen LogP contribution in [0, 0.1) is 0 Å². The topological polar surface area (TPSA) is 50.7 Å². The van der Waals surface area contributed by atoms with Crippen molar-refractivity contribution in [1.82, 2.24) is 5.32 Å². The lowest BCUT2D eigenvalue weighted by Crippen LogP contribution is -2.08. The van der Waals surface area contributed by atoms with Crippen LogP contribution >= 0.6 is 11.6 Å². The Hall–Kier alpha value is -1.91. The minimum Gasteiger partial charge on any atom is -0.508 e. The van der Waals surface area contributed by atoms with E-state index in [4.69, 9.17) is 21.1 Å². The average Bonchev–Trinajstić information content (AvgIpc) is 2.47. The molecule has 2 rings (SSSR count). The summed E-state index contributed by atoms with van der Waals surface area (Å²) in [7, 11) is 3.44. The van der Waals surface area contributed by atoms with Crippen LogP contribution in [0.1, 0.15) is 11.1 Å². The quantitative estimate of drug-likeness (QED) is 0.859. The van der Waals surface area contributed by atoms with E-state index in [9.17, 15) is 5.11 Å². The molecule has 0 heterocycles. The van der Waals surface area contributed by atoms with Gasteiger partial charge in [0.25, 0.3) is 0 Å². The number of benzene rings is 2. The zero-order valence-electron chi connectivity index (χ0n) is 12.0. The summed E-state index contributed by atoms with van der Waals surface area (Å²) in [5.74, 6) is 1.51. The van der Waals surface area contributed by atoms with E-state index in [-0.39, 0.29) is 5.75 Å². The molecule has 0 unspecified atom stereocenters. The van der Waals surface area contributed by atoms with E-state index >= 15 is 0 Å². The van der Waals surface area contributed by atoms with Crippen molar-refractivity contribution < 1.29 is 14.6 Å². The van der Waals surface area contributed by atoms with Gasteiger partial charge in [-0.3, -0.25) is 0 Å². The first-order valence-corrected chi connectivity index (χ1v) is 6.93. The fourth-order valence-electron chi connectivity index (χ4n) is 2.01. The first-order valence-electron chi connectivity index (χ1n) is 6.55. The second-order valence-electron chi connectivity index (χ2n) is 4.58. The maximum Gasteiger partial charge on any atom is 0.166 e. The molecule has 0 saturated heterocycles. The summed E-state index contributed by atoms with van der Waals surface area (Å²) in [4.78, 5) is 0. The lowest BCUT2D eigenvalue weighted by molar-refractivity contribution is 0.281. The van der Waals surface area contributed by atoms with Crippen LogP contribution < -0.4 is 14.8 Å². The Balaban J connectivity index is 2.22. The Kier molecular flexibility index (Phi) is 5.31. The monoisotopic (exact) mass is 307 g/mol. The normalized spacial score (nSPS) is 10.4. The van der Waals surface area contributed by atoms with Gasteiger partial charge < -0.3 is 19.9 Å². The second-order valence-corrected chi connectivity index (χ2v) is 5.02. The number of methoxy groups -OCH3 is 1. The molecule has 2 aromatic carbocycles. The van der Waals surface area contributed by atoms with Crippen LogP contribution in [0.5, 0.6) is 17.2 Å². The van der Waals surface area contributed by atoms with E-state index in [1.54, 1.807) is 25.3 Å². The van der Waals surface area contributed by atoms with Crippen molar-refractivity contribution in [2.45, 2.75) is 13.2 Å². The zero-order chi connectivity index (χ0) is 15.2. The van der Waals surface area contributed by atoms with Crippen molar-refractivity contribution in [3.63, 3.8) is 0 Å². The molecular weight excluding hydrogens is 290 g/mol. The van der Waals surface area contributed by atoms with Crippen molar-refractivity contribution in [2.75, 3.05) is 14.2 Å². The van der Waals surface area contributed by atoms with E-state index in [2.05, 4.69) is 5.32 Å². The van der Waals surface area contributed by atoms with E-state index < -0.39 is 0 Å². The van der Waals surface area contributed by atoms with Crippen LogP contribution in [0.25, 0.3) is 0 Å². The summed E-state index contributed by atoms with van der Waals surface area (Å²) in [5, 5.41) is 13.0. The fraction of sp³-hybridized carbons (Fsp3) is 0.250. The first-order chi connectivity index (χ1) is 10.1. The number of rotatable bonds is 6. The van der Waals surface area contributed by atoms with Gasteiger partial charge in [-0.25, -0.2) is 0 Å². The van der Waals surface area contributed by atoms with Crippen LogP contribution in [0.15, 0.2) is 36.4 Å². The predicted molar refractivity (Wildman–Crippen MR) is 83.2 cm³/mol. The Labute approximate surface area is 129 Å². The maximum atomic E-state index is 9.28. The van der Waals surface area contributed by atoms with E-state index in [1.807, 2.05) is 25.2 Å². The van der Waals surface area contributed by atoms with Gasteiger partial charge in [0.1, 0.15) is 12.4 Å². The van der Waals surface area contributed by atoms with E-state index in [1.165, 1.54) is 0 Å². The van der Waals surface area contributed by atoms with Crippen LogP contribution in [0.2, 0.25) is 5.02 Å². The van der Waals surface area contributed by atoms with Crippen LogP contribution in [0.4, 0.5) is 0 Å². The number of aromatic hydroxyl groups is 1. The summed E-state index contributed by atoms with van der Waals surface area (Å²) in [6.45, 7) is 1.01. The van der Waals surface area contributed by atoms with Gasteiger partial charge in [-0.05, 0) is 30.8 Å². The zero-order valence-corrected chi connectivity index (χ0v) is 12.8. The van der Waals surface area contributed by atoms with Crippen molar-refractivity contribution >= 4 is 11.6 Å². The highest BCUT2D eigenvalue weighted by atomic mass is 35.5. The Morgan fingerprint density at radius 2 is 1.90 bits per heavy atom. The van der Waals surface area contributed by atoms with Crippen molar-refractivity contribution in [2.24, 2.45) is 0 Å². The summed E-state index contributed by atoms with van der Waals surface area (Å²) in [6, 6.07) is 10.5. The molecule has 0 aliphatic carbocycles. The molecule has 112 valence electrons. The van der Waals surface area contributed by atoms with Gasteiger partial charge in [-0.15, -0.1) is 0 Å². The molecule has 0 radical (unpaired) electrons. The fourth-order valence-corrected chi connectivity index (χ4v) is 2.24. The molecule has 0 bridgehead atoms. The van der Waals surface area contributed by atoms with Gasteiger partial charge in [0.2, 0.25) is 0 Å². The number of nitrogens with one attached hydrogen (secondary N) is 1. The van der Waals surface area contributed by atoms with Gasteiger partial charge in [0.15, 0.2) is 11.5 Å². The van der Waals surface area contributed by atoms with Gasteiger partial charge >= 0.3 is 0 Å². The molecule has 0 atom stereocenters. The first kappa shape index (κ1) is 15.5. The third kappa shape index (κ3) is 4.03. The van der Waals surface area contributed by atoms with Gasteiger partial charge in [0.05, 0.1) is 7.11 Å². The SMILES string of the molecule is CNCc1cc(Cl)cc(OC)c1OCc1ccc(O)cc1. The van der Waals surface area contributed by atoms with E-state index in [0.29, 0.717) is 29.7 Å². The third-order valence-corrected chi connectivity index (χ3v) is 3.22. The predicted octanol–water partition coefficient (Wildman–Crippen LogP) is 3.35. The average molecular weight is 308 g/mol.